The average molecular weight is 662 g/mol. The average Bonchev–Trinajstić information content (AvgIpc) is 3.49. The molecule has 46 heavy (non-hydrogen) atoms. The van der Waals surface area contributed by atoms with Crippen LogP contribution in [0.2, 0.25) is 0 Å². The van der Waals surface area contributed by atoms with E-state index in [-0.39, 0.29) is 55.7 Å². The lowest BCUT2D eigenvalue weighted by atomic mass is 9.89. The van der Waals surface area contributed by atoms with Crippen molar-refractivity contribution in [3.05, 3.63) is 64.1 Å². The molecule has 3 heterocycles. The zero-order valence-corrected chi connectivity index (χ0v) is 26.1. The van der Waals surface area contributed by atoms with Crippen molar-refractivity contribution in [2.24, 2.45) is 10.7 Å². The molecule has 0 unspecified atom stereocenters. The fraction of sp³-hybridized carbons (Fsp3) is 0.419. The van der Waals surface area contributed by atoms with Gasteiger partial charge in [0.1, 0.15) is 17.1 Å². The van der Waals surface area contributed by atoms with Gasteiger partial charge in [-0.1, -0.05) is 12.1 Å². The van der Waals surface area contributed by atoms with E-state index >= 15 is 0 Å². The van der Waals surface area contributed by atoms with Crippen LogP contribution in [0.5, 0.6) is 5.75 Å². The Morgan fingerprint density at radius 2 is 1.83 bits per heavy atom. The molecular weight excluding hydrogens is 627 g/mol. The number of rotatable bonds is 9. The van der Waals surface area contributed by atoms with Gasteiger partial charge in [0.15, 0.2) is 0 Å². The Morgan fingerprint density at radius 3 is 2.46 bits per heavy atom. The third kappa shape index (κ3) is 7.09. The fourth-order valence-corrected chi connectivity index (χ4v) is 7.39. The number of benzene rings is 2. The minimum absolute atomic E-state index is 0.00869. The van der Waals surface area contributed by atoms with Crippen molar-refractivity contribution in [3.63, 3.8) is 0 Å². The van der Waals surface area contributed by atoms with Gasteiger partial charge in [-0.05, 0) is 86.6 Å². The van der Waals surface area contributed by atoms with Gasteiger partial charge in [-0.15, -0.1) is 13.2 Å². The number of primary amides is 1. The third-order valence-corrected chi connectivity index (χ3v) is 10.1. The normalized spacial score (nSPS) is 20.4. The second kappa shape index (κ2) is 12.5. The summed E-state index contributed by atoms with van der Waals surface area (Å²) < 4.78 is 69.8. The maximum absolute atomic E-state index is 13.3. The molecule has 0 saturated carbocycles. The summed E-state index contributed by atoms with van der Waals surface area (Å²) in [6, 6.07) is 8.61. The predicted molar refractivity (Wildman–Crippen MR) is 164 cm³/mol. The maximum atomic E-state index is 13.3. The second-order valence-electron chi connectivity index (χ2n) is 11.7. The van der Waals surface area contributed by atoms with E-state index in [0.29, 0.717) is 30.5 Å². The topological polar surface area (TPSA) is 151 Å². The first-order chi connectivity index (χ1) is 21.6. The monoisotopic (exact) mass is 661 g/mol. The van der Waals surface area contributed by atoms with Crippen LogP contribution in [0.4, 0.5) is 18.9 Å². The number of hydrogen-bond acceptors (Lipinski definition) is 7. The molecule has 0 aromatic heterocycles. The Kier molecular flexibility index (Phi) is 9.01. The summed E-state index contributed by atoms with van der Waals surface area (Å²) in [6.07, 6.45) is -1.55. The lowest BCUT2D eigenvalue weighted by Crippen LogP contribution is -2.50. The fourth-order valence-electron chi connectivity index (χ4n) is 6.22. The largest absolute Gasteiger partial charge is 0.573 e. The van der Waals surface area contributed by atoms with Gasteiger partial charge in [0.2, 0.25) is 21.8 Å². The summed E-state index contributed by atoms with van der Waals surface area (Å²) in [5, 5.41) is 3.74. The highest BCUT2D eigenvalue weighted by atomic mass is 32.2. The van der Waals surface area contributed by atoms with Gasteiger partial charge in [-0.3, -0.25) is 19.4 Å². The molecule has 5 rings (SSSR count). The zero-order chi connectivity index (χ0) is 33.4. The number of aliphatic imine (C=N–C) groups is 1. The third-order valence-electron chi connectivity index (χ3n) is 8.54. The minimum Gasteiger partial charge on any atom is -0.406 e. The highest BCUT2D eigenvalue weighted by molar-refractivity contribution is 7.92. The smallest absolute Gasteiger partial charge is 0.406 e. The first-order valence-corrected chi connectivity index (χ1v) is 16.2. The van der Waals surface area contributed by atoms with Gasteiger partial charge in [0.05, 0.1) is 0 Å². The van der Waals surface area contributed by atoms with Crippen molar-refractivity contribution in [1.29, 1.82) is 0 Å². The number of alkyl halides is 3. The molecule has 3 amide bonds. The molecule has 246 valence electrons. The van der Waals surface area contributed by atoms with Gasteiger partial charge in [0, 0.05) is 48.6 Å². The van der Waals surface area contributed by atoms with Crippen molar-refractivity contribution < 1.29 is 40.7 Å². The van der Waals surface area contributed by atoms with Gasteiger partial charge >= 0.3 is 6.36 Å². The van der Waals surface area contributed by atoms with E-state index < -0.39 is 39.5 Å². The minimum atomic E-state index is -4.88. The van der Waals surface area contributed by atoms with Crippen LogP contribution in [-0.2, 0) is 24.4 Å². The van der Waals surface area contributed by atoms with Crippen LogP contribution < -0.4 is 20.7 Å². The Morgan fingerprint density at radius 1 is 1.15 bits per heavy atom. The van der Waals surface area contributed by atoms with Crippen LogP contribution in [0, 0.1) is 13.8 Å². The second-order valence-corrected chi connectivity index (χ2v) is 13.5. The molecule has 3 N–H and O–H groups in total. The number of nitrogens with one attached hydrogen (secondary N) is 1. The quantitative estimate of drug-likeness (QED) is 0.419. The van der Waals surface area contributed by atoms with E-state index in [0.717, 1.165) is 28.7 Å². The highest BCUT2D eigenvalue weighted by Crippen LogP contribution is 2.35. The number of amides is 3. The van der Waals surface area contributed by atoms with Gasteiger partial charge in [-0.2, -0.15) is 4.31 Å². The molecule has 1 atom stereocenters. The number of anilines is 1. The summed E-state index contributed by atoms with van der Waals surface area (Å²) >= 11 is 0. The molecular formula is C31H34F3N5O6S. The molecule has 2 aromatic carbocycles. The number of ether oxygens (including phenoxy) is 1. The summed E-state index contributed by atoms with van der Waals surface area (Å²) in [4.78, 5) is 43.1. The lowest BCUT2D eigenvalue weighted by Gasteiger charge is -2.34. The molecule has 1 spiro atoms. The van der Waals surface area contributed by atoms with E-state index in [9.17, 15) is 36.0 Å². The molecule has 0 bridgehead atoms. The first-order valence-electron chi connectivity index (χ1n) is 14.7. The van der Waals surface area contributed by atoms with Crippen LogP contribution in [0.3, 0.4) is 0 Å². The van der Waals surface area contributed by atoms with E-state index in [4.69, 9.17) is 5.73 Å². The number of carbonyl (C=O) groups excluding carboxylic acids is 3. The molecule has 15 heteroatoms. The number of halogens is 3. The number of amidine groups is 1. The summed E-state index contributed by atoms with van der Waals surface area (Å²) in [7, 11) is -3.89. The number of carbonyl (C=O) groups is 3. The van der Waals surface area contributed by atoms with E-state index in [2.05, 4.69) is 15.0 Å². The zero-order valence-electron chi connectivity index (χ0n) is 25.3. The molecule has 0 radical (unpaired) electrons. The summed E-state index contributed by atoms with van der Waals surface area (Å²) in [5.41, 5.74) is 7.20. The van der Waals surface area contributed by atoms with Crippen LogP contribution >= 0.6 is 0 Å². The summed E-state index contributed by atoms with van der Waals surface area (Å²) in [5.74, 6) is -1.27. The van der Waals surface area contributed by atoms with E-state index in [1.165, 1.54) is 22.5 Å². The van der Waals surface area contributed by atoms with Crippen LogP contribution in [0.15, 0.2) is 46.8 Å². The van der Waals surface area contributed by atoms with E-state index in [1.54, 1.807) is 4.90 Å². The molecule has 0 aliphatic carbocycles. The van der Waals surface area contributed by atoms with Crippen molar-refractivity contribution in [2.45, 2.75) is 70.3 Å². The molecule has 3 aliphatic heterocycles. The molecule has 11 nitrogen and oxygen atoms in total. The molecule has 2 fully saturated rings. The molecule has 2 aromatic rings. The number of piperidine rings is 1. The number of sulfonamides is 1. The number of aryl methyl sites for hydroxylation is 2. The Labute approximate surface area is 264 Å². The first kappa shape index (κ1) is 33.1. The van der Waals surface area contributed by atoms with Gasteiger partial charge in [0.25, 0.3) is 5.91 Å². The Bertz CT molecular complexity index is 1710. The van der Waals surface area contributed by atoms with Gasteiger partial charge < -0.3 is 20.7 Å². The lowest BCUT2D eigenvalue weighted by molar-refractivity contribution is -0.274. The predicted octanol–water partition coefficient (Wildman–Crippen LogP) is 3.67. The van der Waals surface area contributed by atoms with Crippen molar-refractivity contribution >= 4 is 45.3 Å². The van der Waals surface area contributed by atoms with Crippen LogP contribution in [0.1, 0.15) is 60.8 Å². The van der Waals surface area contributed by atoms with E-state index in [1.807, 2.05) is 26.0 Å². The van der Waals surface area contributed by atoms with Crippen molar-refractivity contribution in [2.75, 3.05) is 18.0 Å². The molecule has 3 aliphatic rings. The number of nitrogens with two attached hydrogens (primary N) is 1. The number of hydrogen-bond donors (Lipinski definition) is 2. The highest BCUT2D eigenvalue weighted by Gasteiger charge is 2.47. The molecule has 2 saturated heterocycles. The Balaban J connectivity index is 1.27. The Hall–Kier alpha value is -4.24. The van der Waals surface area contributed by atoms with Crippen molar-refractivity contribution in [3.8, 4) is 5.75 Å². The van der Waals surface area contributed by atoms with Crippen LogP contribution in [0.25, 0.3) is 6.08 Å². The number of nitrogens with zero attached hydrogens (tertiary/aromatic N) is 3. The SMILES string of the molecule is Cc1cc(N2C(=O)CC[C@H]2CCC(N)=O)cc(C)c1/C=C/S(=O)(=O)N1CCC2(CC1)N=C(c1cccc(OC(F)(F)F)c1)NC2=O. The van der Waals surface area contributed by atoms with Crippen LogP contribution in [-0.4, -0.2) is 67.3 Å². The maximum Gasteiger partial charge on any atom is 0.573 e. The standard InChI is InChI=1S/C31H34F3N5O6S/c1-19-16-23(39-22(6-8-26(35)40)7-9-27(39)41)17-20(2)25(19)10-15-46(43,44)38-13-11-30(12-14-38)29(42)36-28(37-30)21-4-3-5-24(18-21)45-31(32,33)34/h3-5,10,15-18,22H,6-9,11-14H2,1-2H3,(H2,35,40)(H,36,37,42)/b15-10+/t22-/m1/s1. The summed E-state index contributed by atoms with van der Waals surface area (Å²) in [6.45, 7) is 3.67. The van der Waals surface area contributed by atoms with Crippen molar-refractivity contribution in [1.82, 2.24) is 9.62 Å². The van der Waals surface area contributed by atoms with Gasteiger partial charge in [-0.25, -0.2) is 8.42 Å².